The topological polar surface area (TPSA) is 63.6 Å². The lowest BCUT2D eigenvalue weighted by atomic mass is 10.0. The normalized spacial score (nSPS) is 12.4. The van der Waals surface area contributed by atoms with E-state index < -0.39 is 5.97 Å². The fourth-order valence-corrected chi connectivity index (χ4v) is 5.80. The third-order valence-corrected chi connectivity index (χ3v) is 8.68. The van der Waals surface area contributed by atoms with Gasteiger partial charge in [0.1, 0.15) is 6.10 Å². The maximum atomic E-state index is 12.6. The largest absolute Gasteiger partial charge is 0.481 e. The van der Waals surface area contributed by atoms with Crippen LogP contribution in [0.3, 0.4) is 0 Å². The minimum absolute atomic E-state index is 0.0185. The number of carboxylic acid groups (broad SMARTS) is 1. The third-order valence-electron chi connectivity index (χ3n) is 8.68. The van der Waals surface area contributed by atoms with Crippen LogP contribution in [0.2, 0.25) is 0 Å². The number of rotatable bonds is 35. The van der Waals surface area contributed by atoms with Gasteiger partial charge in [-0.3, -0.25) is 9.59 Å². The lowest BCUT2D eigenvalue weighted by Gasteiger charge is -2.18. The molecule has 0 radical (unpaired) electrons. The van der Waals surface area contributed by atoms with Gasteiger partial charge in [-0.2, -0.15) is 0 Å². The zero-order valence-corrected chi connectivity index (χ0v) is 29.5. The van der Waals surface area contributed by atoms with Gasteiger partial charge in [-0.1, -0.05) is 154 Å². The molecule has 0 amide bonds. The van der Waals surface area contributed by atoms with Gasteiger partial charge in [0, 0.05) is 12.8 Å². The van der Waals surface area contributed by atoms with Gasteiger partial charge < -0.3 is 9.84 Å². The smallest absolute Gasteiger partial charge is 0.306 e. The van der Waals surface area contributed by atoms with Crippen molar-refractivity contribution in [2.45, 2.75) is 219 Å². The number of allylic oxidation sites excluding steroid dienone is 4. The second kappa shape index (κ2) is 35.9. The number of aliphatic carboxylic acids is 1. The van der Waals surface area contributed by atoms with Crippen molar-refractivity contribution in [3.8, 4) is 0 Å². The highest BCUT2D eigenvalue weighted by Crippen LogP contribution is 2.19. The van der Waals surface area contributed by atoms with E-state index in [0.717, 1.165) is 57.8 Å². The Morgan fingerprint density at radius 1 is 0.500 bits per heavy atom. The van der Waals surface area contributed by atoms with Crippen molar-refractivity contribution in [3.63, 3.8) is 0 Å². The zero-order chi connectivity index (χ0) is 32.2. The maximum Gasteiger partial charge on any atom is 0.306 e. The monoisotopic (exact) mass is 619 g/mol. The molecule has 0 aromatic rings. The number of carboxylic acids is 1. The van der Waals surface area contributed by atoms with Gasteiger partial charge in [-0.05, 0) is 70.6 Å². The highest BCUT2D eigenvalue weighted by atomic mass is 16.5. The molecule has 4 nitrogen and oxygen atoms in total. The summed E-state index contributed by atoms with van der Waals surface area (Å²) in [6.07, 6.45) is 44.9. The summed E-state index contributed by atoms with van der Waals surface area (Å²) in [6, 6.07) is 0. The summed E-state index contributed by atoms with van der Waals surface area (Å²) >= 11 is 0. The van der Waals surface area contributed by atoms with Gasteiger partial charge in [0.25, 0.3) is 0 Å². The van der Waals surface area contributed by atoms with E-state index in [-0.39, 0.29) is 12.1 Å². The first kappa shape index (κ1) is 42.4. The summed E-state index contributed by atoms with van der Waals surface area (Å²) in [5.41, 5.74) is 0. The Balaban J connectivity index is 3.92. The van der Waals surface area contributed by atoms with Crippen LogP contribution in [-0.2, 0) is 14.3 Å². The van der Waals surface area contributed by atoms with Crippen molar-refractivity contribution in [3.05, 3.63) is 24.3 Å². The lowest BCUT2D eigenvalue weighted by Crippen LogP contribution is -2.18. The van der Waals surface area contributed by atoms with E-state index in [0.29, 0.717) is 12.8 Å². The van der Waals surface area contributed by atoms with Gasteiger partial charge in [-0.15, -0.1) is 0 Å². The van der Waals surface area contributed by atoms with E-state index in [1.807, 2.05) is 0 Å². The Labute approximate surface area is 274 Å². The molecular weight excluding hydrogens is 544 g/mol. The molecule has 0 aliphatic rings. The molecule has 1 atom stereocenters. The van der Waals surface area contributed by atoms with Crippen LogP contribution >= 0.6 is 0 Å². The summed E-state index contributed by atoms with van der Waals surface area (Å²) < 4.78 is 6.00. The first-order valence-electron chi connectivity index (χ1n) is 19.3. The van der Waals surface area contributed by atoms with E-state index in [2.05, 4.69) is 38.2 Å². The highest BCUT2D eigenvalue weighted by Gasteiger charge is 2.14. The number of hydrogen-bond donors (Lipinski definition) is 1. The van der Waals surface area contributed by atoms with Crippen LogP contribution in [0.5, 0.6) is 0 Å². The Morgan fingerprint density at radius 2 is 0.886 bits per heavy atom. The van der Waals surface area contributed by atoms with Crippen molar-refractivity contribution >= 4 is 11.9 Å². The summed E-state index contributed by atoms with van der Waals surface area (Å²) in [7, 11) is 0. The number of hydrogen-bond acceptors (Lipinski definition) is 3. The van der Waals surface area contributed by atoms with Crippen LogP contribution in [0.15, 0.2) is 24.3 Å². The van der Waals surface area contributed by atoms with Crippen LogP contribution in [-0.4, -0.2) is 23.1 Å². The average molecular weight is 619 g/mol. The molecule has 0 rings (SSSR count). The van der Waals surface area contributed by atoms with Crippen LogP contribution in [0.4, 0.5) is 0 Å². The number of carbonyl (C=O) groups is 2. The Kier molecular flexibility index (Phi) is 34.6. The first-order valence-corrected chi connectivity index (χ1v) is 19.3. The molecular formula is C40H74O4. The number of esters is 1. The van der Waals surface area contributed by atoms with Crippen LogP contribution in [0.25, 0.3) is 0 Å². The molecule has 0 aromatic heterocycles. The van der Waals surface area contributed by atoms with E-state index in [1.54, 1.807) is 0 Å². The molecule has 0 aliphatic carbocycles. The number of unbranched alkanes of at least 4 members (excludes halogenated alkanes) is 22. The van der Waals surface area contributed by atoms with Crippen molar-refractivity contribution in [2.24, 2.45) is 0 Å². The van der Waals surface area contributed by atoms with Gasteiger partial charge in [0.2, 0.25) is 0 Å². The second-order valence-corrected chi connectivity index (χ2v) is 13.1. The number of carbonyl (C=O) groups excluding carboxylic acids is 1. The van der Waals surface area contributed by atoms with Crippen molar-refractivity contribution in [1.29, 1.82) is 0 Å². The fraction of sp³-hybridized carbons (Fsp3) is 0.850. The minimum atomic E-state index is -0.682. The first-order chi connectivity index (χ1) is 21.6. The Bertz CT molecular complexity index is 668. The number of ether oxygens (including phenoxy) is 1. The van der Waals surface area contributed by atoms with Crippen molar-refractivity contribution < 1.29 is 19.4 Å². The lowest BCUT2D eigenvalue weighted by molar-refractivity contribution is -0.150. The summed E-state index contributed by atoms with van der Waals surface area (Å²) in [5, 5.41) is 8.72. The molecule has 4 heteroatoms. The molecule has 0 saturated carbocycles. The molecule has 1 N–H and O–H groups in total. The fourth-order valence-electron chi connectivity index (χ4n) is 5.80. The van der Waals surface area contributed by atoms with Crippen molar-refractivity contribution in [2.75, 3.05) is 0 Å². The standard InChI is InChI=1S/C40H74O4/c1-3-5-7-9-11-12-13-14-15-16-17-18-19-20-25-29-33-37-40(43)44-38(34-30-26-10-8-6-4-2)35-31-27-23-21-22-24-28-32-36-39(41)42/h11-12,14-15,38H,3-10,13,16-37H2,1-2H3,(H,41,42)/b12-11-,15-14-. The van der Waals surface area contributed by atoms with Crippen LogP contribution in [0, 0.1) is 0 Å². The molecule has 44 heavy (non-hydrogen) atoms. The molecule has 0 heterocycles. The molecule has 0 aliphatic heterocycles. The predicted octanol–water partition coefficient (Wildman–Crippen LogP) is 13.2. The quantitative estimate of drug-likeness (QED) is 0.0436. The van der Waals surface area contributed by atoms with E-state index in [1.165, 1.54) is 128 Å². The second-order valence-electron chi connectivity index (χ2n) is 13.1. The summed E-state index contributed by atoms with van der Waals surface area (Å²) in [5.74, 6) is -0.664. The molecule has 0 fully saturated rings. The molecule has 258 valence electrons. The van der Waals surface area contributed by atoms with Crippen LogP contribution < -0.4 is 0 Å². The SMILES string of the molecule is CCCCC/C=C\C/C=C\CCCCCCCCCC(=O)OC(CCCCCCCC)CCCCCCCCCCC(=O)O. The molecule has 0 spiro atoms. The molecule has 0 bridgehead atoms. The third kappa shape index (κ3) is 34.9. The van der Waals surface area contributed by atoms with Gasteiger partial charge >= 0.3 is 11.9 Å². The Hall–Kier alpha value is -1.58. The Morgan fingerprint density at radius 3 is 1.39 bits per heavy atom. The van der Waals surface area contributed by atoms with E-state index >= 15 is 0 Å². The zero-order valence-electron chi connectivity index (χ0n) is 29.5. The van der Waals surface area contributed by atoms with Crippen LogP contribution in [0.1, 0.15) is 213 Å². The highest BCUT2D eigenvalue weighted by molar-refractivity contribution is 5.69. The maximum absolute atomic E-state index is 12.6. The van der Waals surface area contributed by atoms with E-state index in [4.69, 9.17) is 9.84 Å². The molecule has 1 unspecified atom stereocenters. The van der Waals surface area contributed by atoms with Crippen molar-refractivity contribution in [1.82, 2.24) is 0 Å². The van der Waals surface area contributed by atoms with Gasteiger partial charge in [0.05, 0.1) is 0 Å². The van der Waals surface area contributed by atoms with E-state index in [9.17, 15) is 9.59 Å². The molecule has 0 saturated heterocycles. The van der Waals surface area contributed by atoms with Gasteiger partial charge in [0.15, 0.2) is 0 Å². The summed E-state index contributed by atoms with van der Waals surface area (Å²) in [6.45, 7) is 4.51. The molecule has 0 aromatic carbocycles. The minimum Gasteiger partial charge on any atom is -0.481 e. The summed E-state index contributed by atoms with van der Waals surface area (Å²) in [4.78, 5) is 23.2. The van der Waals surface area contributed by atoms with Gasteiger partial charge in [-0.25, -0.2) is 0 Å². The predicted molar refractivity (Wildman–Crippen MR) is 190 cm³/mol. The average Bonchev–Trinajstić information content (AvgIpc) is 3.01.